The second-order valence-corrected chi connectivity index (χ2v) is 5.73. The number of aromatic nitrogens is 2. The van der Waals surface area contributed by atoms with Gasteiger partial charge in [0.15, 0.2) is 0 Å². The molecule has 6 nitrogen and oxygen atoms in total. The number of carbonyl (C=O) groups excluding carboxylic acids is 1. The number of carbonyl (C=O) groups is 1. The summed E-state index contributed by atoms with van der Waals surface area (Å²) < 4.78 is 5.08. The first-order valence-corrected chi connectivity index (χ1v) is 7.64. The van der Waals surface area contributed by atoms with E-state index in [0.717, 1.165) is 28.1 Å². The first-order valence-electron chi connectivity index (χ1n) is 7.64. The topological polar surface area (TPSA) is 81.3 Å². The largest absolute Gasteiger partial charge is 0.450 e. The van der Waals surface area contributed by atoms with Crippen LogP contribution in [0.25, 0.3) is 11.3 Å². The van der Waals surface area contributed by atoms with Gasteiger partial charge in [0.1, 0.15) is 0 Å². The number of benzene rings is 1. The van der Waals surface area contributed by atoms with E-state index in [2.05, 4.69) is 23.0 Å². The minimum atomic E-state index is -0.337. The van der Waals surface area contributed by atoms with Gasteiger partial charge in [0.05, 0.1) is 31.1 Å². The predicted molar refractivity (Wildman–Crippen MR) is 87.6 cm³/mol. The third-order valence-electron chi connectivity index (χ3n) is 3.96. The van der Waals surface area contributed by atoms with E-state index in [4.69, 9.17) is 10.5 Å². The monoisotopic (exact) mass is 312 g/mol. The van der Waals surface area contributed by atoms with Gasteiger partial charge in [-0.2, -0.15) is 0 Å². The van der Waals surface area contributed by atoms with E-state index in [9.17, 15) is 4.79 Å². The van der Waals surface area contributed by atoms with Crippen LogP contribution in [0.15, 0.2) is 18.2 Å². The van der Waals surface area contributed by atoms with Gasteiger partial charge in [-0.1, -0.05) is 23.8 Å². The fraction of sp³-hybridized carbons (Fsp3) is 0.353. The number of amides is 1. The van der Waals surface area contributed by atoms with E-state index in [0.29, 0.717) is 19.7 Å². The highest BCUT2D eigenvalue weighted by Gasteiger charge is 2.29. The molecule has 2 heterocycles. The standard InChI is InChI=1S/C17H20N4O2/c1-4-23-17(22)21-8-13-14(9-21)19-16(18)20-15(13)12-6-5-10(2)7-11(12)3/h5-7H,4,8-9H2,1-3H3,(H2,18,19,20). The molecular formula is C17H20N4O2. The zero-order chi connectivity index (χ0) is 16.6. The molecule has 0 saturated heterocycles. The molecule has 6 heteroatoms. The summed E-state index contributed by atoms with van der Waals surface area (Å²) in [6.45, 7) is 7.09. The van der Waals surface area contributed by atoms with Crippen LogP contribution in [0.4, 0.5) is 10.7 Å². The lowest BCUT2D eigenvalue weighted by atomic mass is 9.99. The molecule has 0 radical (unpaired) electrons. The Labute approximate surface area is 135 Å². The average Bonchev–Trinajstić information content (AvgIpc) is 2.91. The molecule has 0 fully saturated rings. The minimum absolute atomic E-state index is 0.226. The van der Waals surface area contributed by atoms with Crippen molar-refractivity contribution in [3.63, 3.8) is 0 Å². The number of fused-ring (bicyclic) bond motifs is 1. The Morgan fingerprint density at radius 2 is 2.09 bits per heavy atom. The smallest absolute Gasteiger partial charge is 0.410 e. The van der Waals surface area contributed by atoms with Gasteiger partial charge < -0.3 is 10.5 Å². The molecule has 2 aromatic rings. The number of rotatable bonds is 2. The highest BCUT2D eigenvalue weighted by molar-refractivity contribution is 5.73. The molecule has 0 bridgehead atoms. The lowest BCUT2D eigenvalue weighted by Gasteiger charge is -2.14. The lowest BCUT2D eigenvalue weighted by Crippen LogP contribution is -2.26. The van der Waals surface area contributed by atoms with Gasteiger partial charge in [-0.15, -0.1) is 0 Å². The molecule has 1 aromatic heterocycles. The van der Waals surface area contributed by atoms with Crippen LogP contribution in [0.3, 0.4) is 0 Å². The van der Waals surface area contributed by atoms with Gasteiger partial charge >= 0.3 is 6.09 Å². The zero-order valence-corrected chi connectivity index (χ0v) is 13.6. The van der Waals surface area contributed by atoms with E-state index >= 15 is 0 Å². The van der Waals surface area contributed by atoms with E-state index in [1.54, 1.807) is 11.8 Å². The van der Waals surface area contributed by atoms with Crippen molar-refractivity contribution in [3.8, 4) is 11.3 Å². The van der Waals surface area contributed by atoms with Crippen LogP contribution in [-0.2, 0) is 17.8 Å². The van der Waals surface area contributed by atoms with Gasteiger partial charge in [-0.05, 0) is 26.3 Å². The third kappa shape index (κ3) is 2.84. The number of ether oxygens (including phenoxy) is 1. The summed E-state index contributed by atoms with van der Waals surface area (Å²) >= 11 is 0. The maximum Gasteiger partial charge on any atom is 0.410 e. The quantitative estimate of drug-likeness (QED) is 0.922. The van der Waals surface area contributed by atoms with Crippen molar-refractivity contribution in [1.82, 2.24) is 14.9 Å². The van der Waals surface area contributed by atoms with Crippen molar-refractivity contribution >= 4 is 12.0 Å². The van der Waals surface area contributed by atoms with Gasteiger partial charge in [0.2, 0.25) is 5.95 Å². The normalized spacial score (nSPS) is 13.1. The maximum atomic E-state index is 12.0. The fourth-order valence-corrected chi connectivity index (χ4v) is 2.92. The van der Waals surface area contributed by atoms with Gasteiger partial charge in [0.25, 0.3) is 0 Å². The summed E-state index contributed by atoms with van der Waals surface area (Å²) in [6, 6.07) is 6.20. The molecule has 23 heavy (non-hydrogen) atoms. The maximum absolute atomic E-state index is 12.0. The van der Waals surface area contributed by atoms with Crippen LogP contribution in [-0.4, -0.2) is 27.6 Å². The summed E-state index contributed by atoms with van der Waals surface area (Å²) in [6.07, 6.45) is -0.337. The fourth-order valence-electron chi connectivity index (χ4n) is 2.92. The van der Waals surface area contributed by atoms with Crippen molar-refractivity contribution in [1.29, 1.82) is 0 Å². The molecule has 1 amide bonds. The molecule has 0 atom stereocenters. The summed E-state index contributed by atoms with van der Waals surface area (Å²) in [5.41, 5.74) is 11.7. The van der Waals surface area contributed by atoms with Crippen molar-refractivity contribution in [3.05, 3.63) is 40.6 Å². The van der Waals surface area contributed by atoms with E-state index in [1.807, 2.05) is 19.1 Å². The average molecular weight is 312 g/mol. The van der Waals surface area contributed by atoms with Crippen LogP contribution < -0.4 is 5.73 Å². The molecule has 1 aliphatic rings. The molecule has 0 unspecified atom stereocenters. The Morgan fingerprint density at radius 3 is 2.78 bits per heavy atom. The Kier molecular flexibility index (Phi) is 3.90. The van der Waals surface area contributed by atoms with Crippen molar-refractivity contribution in [2.75, 3.05) is 12.3 Å². The molecule has 3 rings (SSSR count). The summed E-state index contributed by atoms with van der Waals surface area (Å²) in [5, 5.41) is 0. The molecule has 0 saturated carbocycles. The SMILES string of the molecule is CCOC(=O)N1Cc2nc(N)nc(-c3ccc(C)cc3C)c2C1. The number of hydrogen-bond donors (Lipinski definition) is 1. The number of nitrogens with two attached hydrogens (primary N) is 1. The zero-order valence-electron chi connectivity index (χ0n) is 13.6. The first-order chi connectivity index (χ1) is 11.0. The molecule has 1 aromatic carbocycles. The number of anilines is 1. The van der Waals surface area contributed by atoms with Crippen LogP contribution in [0.2, 0.25) is 0 Å². The third-order valence-corrected chi connectivity index (χ3v) is 3.96. The molecule has 2 N–H and O–H groups in total. The number of nitrogen functional groups attached to an aromatic ring is 1. The first kappa shape index (κ1) is 15.3. The van der Waals surface area contributed by atoms with Crippen LogP contribution in [0.5, 0.6) is 0 Å². The number of hydrogen-bond acceptors (Lipinski definition) is 5. The molecule has 0 spiro atoms. The second-order valence-electron chi connectivity index (χ2n) is 5.73. The Morgan fingerprint density at radius 1 is 1.30 bits per heavy atom. The van der Waals surface area contributed by atoms with Crippen LogP contribution in [0, 0.1) is 13.8 Å². The molecule has 1 aliphatic heterocycles. The van der Waals surface area contributed by atoms with Gasteiger partial charge in [-0.25, -0.2) is 14.8 Å². The van der Waals surface area contributed by atoms with Crippen LogP contribution >= 0.6 is 0 Å². The Bertz CT molecular complexity index is 773. The van der Waals surface area contributed by atoms with E-state index in [-0.39, 0.29) is 12.0 Å². The number of aryl methyl sites for hydroxylation is 2. The van der Waals surface area contributed by atoms with Gasteiger partial charge in [-0.3, -0.25) is 4.90 Å². The van der Waals surface area contributed by atoms with Crippen molar-refractivity contribution in [2.24, 2.45) is 0 Å². The van der Waals surface area contributed by atoms with E-state index < -0.39 is 0 Å². The Hall–Kier alpha value is -2.63. The lowest BCUT2D eigenvalue weighted by molar-refractivity contribution is 0.106. The van der Waals surface area contributed by atoms with E-state index in [1.165, 1.54) is 5.56 Å². The summed E-state index contributed by atoms with van der Waals surface area (Å²) in [5.74, 6) is 0.226. The Balaban J connectivity index is 2.04. The summed E-state index contributed by atoms with van der Waals surface area (Å²) in [7, 11) is 0. The highest BCUT2D eigenvalue weighted by Crippen LogP contribution is 2.33. The van der Waals surface area contributed by atoms with Crippen molar-refractivity contribution in [2.45, 2.75) is 33.9 Å². The molecule has 0 aliphatic carbocycles. The minimum Gasteiger partial charge on any atom is -0.450 e. The molecule has 120 valence electrons. The highest BCUT2D eigenvalue weighted by atomic mass is 16.6. The second kappa shape index (κ2) is 5.87. The number of nitrogens with zero attached hydrogens (tertiary/aromatic N) is 3. The van der Waals surface area contributed by atoms with Crippen LogP contribution in [0.1, 0.15) is 29.3 Å². The predicted octanol–water partition coefficient (Wildman–Crippen LogP) is 2.81. The summed E-state index contributed by atoms with van der Waals surface area (Å²) in [4.78, 5) is 22.3. The van der Waals surface area contributed by atoms with Gasteiger partial charge in [0, 0.05) is 11.1 Å². The molecular weight excluding hydrogens is 292 g/mol. The van der Waals surface area contributed by atoms with Crippen molar-refractivity contribution < 1.29 is 9.53 Å².